The van der Waals surface area contributed by atoms with Gasteiger partial charge in [0.2, 0.25) is 0 Å². The van der Waals surface area contributed by atoms with Gasteiger partial charge in [0.15, 0.2) is 0 Å². The maximum atomic E-state index is 2.63. The summed E-state index contributed by atoms with van der Waals surface area (Å²) in [5.41, 5.74) is 21.6. The van der Waals surface area contributed by atoms with Crippen LogP contribution >= 0.6 is 0 Å². The summed E-state index contributed by atoms with van der Waals surface area (Å²) in [6.45, 7) is -0.0211. The first-order chi connectivity index (χ1) is 26.3. The van der Waals surface area contributed by atoms with Crippen LogP contribution < -0.4 is 36.4 Å². The van der Waals surface area contributed by atoms with Gasteiger partial charge in [0.05, 0.1) is 0 Å². The lowest BCUT2D eigenvalue weighted by Gasteiger charge is -2.50. The van der Waals surface area contributed by atoms with Crippen molar-refractivity contribution in [2.24, 2.45) is 0 Å². The number of hydrogen-bond donors (Lipinski definition) is 0. The Kier molecular flexibility index (Phi) is 5.95. The van der Waals surface area contributed by atoms with Crippen molar-refractivity contribution in [1.29, 1.82) is 0 Å². The molecule has 8 aromatic carbocycles. The molecule has 8 aromatic rings. The van der Waals surface area contributed by atoms with Gasteiger partial charge in [-0.3, -0.25) is 0 Å². The molecule has 4 aliphatic heterocycles. The fourth-order valence-corrected chi connectivity index (χ4v) is 9.80. The Morgan fingerprint density at radius 3 is 1.19 bits per heavy atom. The molecule has 0 aromatic heterocycles. The molecule has 0 fully saturated rings. The van der Waals surface area contributed by atoms with E-state index in [1.165, 1.54) is 78.0 Å². The molecule has 0 atom stereocenters. The van der Waals surface area contributed by atoms with Gasteiger partial charge in [-0.25, -0.2) is 0 Å². The van der Waals surface area contributed by atoms with Crippen molar-refractivity contribution in [3.8, 4) is 33.4 Å². The zero-order chi connectivity index (χ0) is 34.6. The molecule has 3 nitrogen and oxygen atoms in total. The third-order valence-electron chi connectivity index (χ3n) is 11.8. The SMILES string of the molecule is c1ccc(N(c2ccccc2)c2cc3c4c(c2)B2c5ccccc5-c5ccccc5N2c2cccc(c2-4)N2B3c3ccccc3-c3ccccc32)cc1. The summed E-state index contributed by atoms with van der Waals surface area (Å²) >= 11 is 0. The van der Waals surface area contributed by atoms with Crippen molar-refractivity contribution in [2.45, 2.75) is 0 Å². The Balaban J connectivity index is 1.24. The van der Waals surface area contributed by atoms with Crippen LogP contribution in [0.3, 0.4) is 0 Å². The molecule has 0 bridgehead atoms. The van der Waals surface area contributed by atoms with E-state index in [-0.39, 0.29) is 13.7 Å². The van der Waals surface area contributed by atoms with Gasteiger partial charge in [-0.15, -0.1) is 0 Å². The van der Waals surface area contributed by atoms with Crippen LogP contribution in [0, 0.1) is 0 Å². The molecule has 5 heteroatoms. The third kappa shape index (κ3) is 3.91. The second-order valence-electron chi connectivity index (χ2n) is 14.4. The second-order valence-corrected chi connectivity index (χ2v) is 14.4. The van der Waals surface area contributed by atoms with Gasteiger partial charge < -0.3 is 14.5 Å². The highest BCUT2D eigenvalue weighted by atomic mass is 15.2. The molecular formula is C48H31B2N3. The van der Waals surface area contributed by atoms with Gasteiger partial charge in [-0.1, -0.05) is 127 Å². The lowest BCUT2D eigenvalue weighted by molar-refractivity contribution is 1.27. The summed E-state index contributed by atoms with van der Waals surface area (Å²) in [5.74, 6) is 0. The third-order valence-corrected chi connectivity index (χ3v) is 11.8. The van der Waals surface area contributed by atoms with Crippen LogP contribution in [0.2, 0.25) is 0 Å². The molecule has 0 saturated heterocycles. The lowest BCUT2D eigenvalue weighted by Crippen LogP contribution is -2.65. The largest absolute Gasteiger partial charge is 0.376 e. The summed E-state index contributed by atoms with van der Waals surface area (Å²) < 4.78 is 0. The summed E-state index contributed by atoms with van der Waals surface area (Å²) in [6.07, 6.45) is 0. The van der Waals surface area contributed by atoms with Crippen LogP contribution in [0.4, 0.5) is 39.8 Å². The molecule has 0 unspecified atom stereocenters. The van der Waals surface area contributed by atoms with E-state index in [1.807, 2.05) is 0 Å². The van der Waals surface area contributed by atoms with Crippen molar-refractivity contribution in [3.05, 3.63) is 188 Å². The number of rotatable bonds is 3. The highest BCUT2D eigenvalue weighted by Crippen LogP contribution is 2.53. The monoisotopic (exact) mass is 671 g/mol. The molecule has 0 amide bonds. The zero-order valence-electron chi connectivity index (χ0n) is 28.9. The minimum absolute atomic E-state index is 0.0105. The van der Waals surface area contributed by atoms with E-state index in [0.29, 0.717) is 0 Å². The van der Waals surface area contributed by atoms with Crippen molar-refractivity contribution in [1.82, 2.24) is 0 Å². The Hall–Kier alpha value is -6.71. The van der Waals surface area contributed by atoms with Gasteiger partial charge in [0, 0.05) is 56.5 Å². The first-order valence-electron chi connectivity index (χ1n) is 18.5. The van der Waals surface area contributed by atoms with Crippen molar-refractivity contribution in [2.75, 3.05) is 14.5 Å². The molecule has 0 saturated carbocycles. The second kappa shape index (κ2) is 10.9. The Morgan fingerprint density at radius 1 is 0.302 bits per heavy atom. The average molecular weight is 671 g/mol. The molecule has 0 radical (unpaired) electrons. The summed E-state index contributed by atoms with van der Waals surface area (Å²) in [6, 6.07) is 69.7. The quantitative estimate of drug-likeness (QED) is 0.174. The summed E-state index contributed by atoms with van der Waals surface area (Å²) in [4.78, 5) is 7.70. The fourth-order valence-electron chi connectivity index (χ4n) is 9.80. The van der Waals surface area contributed by atoms with Crippen LogP contribution in [0.5, 0.6) is 0 Å². The van der Waals surface area contributed by atoms with E-state index in [9.17, 15) is 0 Å². The Labute approximate surface area is 310 Å². The van der Waals surface area contributed by atoms with E-state index < -0.39 is 0 Å². The first-order valence-corrected chi connectivity index (χ1v) is 18.5. The Bertz CT molecular complexity index is 2600. The summed E-state index contributed by atoms with van der Waals surface area (Å²) in [7, 11) is 0. The van der Waals surface area contributed by atoms with E-state index in [0.717, 1.165) is 17.1 Å². The van der Waals surface area contributed by atoms with Crippen LogP contribution in [-0.2, 0) is 0 Å². The number of para-hydroxylation sites is 4. The number of benzene rings is 8. The van der Waals surface area contributed by atoms with Crippen molar-refractivity contribution >= 4 is 75.4 Å². The topological polar surface area (TPSA) is 9.72 Å². The first kappa shape index (κ1) is 28.9. The smallest absolute Gasteiger partial charge is 0.329 e. The van der Waals surface area contributed by atoms with E-state index in [2.05, 4.69) is 203 Å². The molecule has 0 N–H and O–H groups in total. The van der Waals surface area contributed by atoms with E-state index in [4.69, 9.17) is 0 Å². The molecule has 0 aliphatic carbocycles. The normalized spacial score (nSPS) is 13.5. The van der Waals surface area contributed by atoms with Gasteiger partial charge in [-0.05, 0) is 99.2 Å². The van der Waals surface area contributed by atoms with Crippen molar-refractivity contribution in [3.63, 3.8) is 0 Å². The highest BCUT2D eigenvalue weighted by molar-refractivity contribution is 6.97. The number of hydrogen-bond acceptors (Lipinski definition) is 3. The molecule has 244 valence electrons. The van der Waals surface area contributed by atoms with Crippen LogP contribution in [-0.4, -0.2) is 13.7 Å². The molecule has 4 aliphatic rings. The van der Waals surface area contributed by atoms with Crippen molar-refractivity contribution < 1.29 is 0 Å². The molecule has 53 heavy (non-hydrogen) atoms. The maximum Gasteiger partial charge on any atom is 0.329 e. The van der Waals surface area contributed by atoms with E-state index >= 15 is 0 Å². The predicted molar refractivity (Wildman–Crippen MR) is 225 cm³/mol. The summed E-state index contributed by atoms with van der Waals surface area (Å²) in [5, 5.41) is 0. The predicted octanol–water partition coefficient (Wildman–Crippen LogP) is 9.30. The molecule has 12 rings (SSSR count). The van der Waals surface area contributed by atoms with Gasteiger partial charge in [0.25, 0.3) is 0 Å². The standard InChI is InChI=1S/C48H31B2N3/c1-3-16-32(17-4-1)51(33-18-5-2-6-19-33)34-30-41-47-42(31-34)50-40-25-12-8-21-36(40)38-23-10-14-27-44(38)53(50)46-29-15-28-45(48(46)47)52-43-26-13-9-22-37(43)35-20-7-11-24-39(35)49(41)52/h1-31H. The average Bonchev–Trinajstić information content (AvgIpc) is 3.23. The minimum atomic E-state index is -0.0105. The minimum Gasteiger partial charge on any atom is -0.376 e. The number of nitrogens with zero attached hydrogens (tertiary/aromatic N) is 3. The number of fused-ring (bicyclic) bond motifs is 16. The van der Waals surface area contributed by atoms with Crippen LogP contribution in [0.1, 0.15) is 0 Å². The van der Waals surface area contributed by atoms with Crippen LogP contribution in [0.25, 0.3) is 33.4 Å². The fraction of sp³-hybridized carbons (Fsp3) is 0. The lowest BCUT2D eigenvalue weighted by atomic mass is 9.37. The van der Waals surface area contributed by atoms with Gasteiger partial charge in [-0.2, -0.15) is 0 Å². The maximum absolute atomic E-state index is 2.63. The van der Waals surface area contributed by atoms with Gasteiger partial charge >= 0.3 is 13.7 Å². The highest BCUT2D eigenvalue weighted by Gasteiger charge is 2.50. The molecule has 0 spiro atoms. The zero-order valence-corrected chi connectivity index (χ0v) is 28.9. The molecule has 4 heterocycles. The van der Waals surface area contributed by atoms with E-state index in [1.54, 1.807) is 0 Å². The molecular weight excluding hydrogens is 640 g/mol. The Morgan fingerprint density at radius 2 is 0.698 bits per heavy atom. The van der Waals surface area contributed by atoms with Gasteiger partial charge in [0.1, 0.15) is 0 Å². The van der Waals surface area contributed by atoms with Crippen LogP contribution in [0.15, 0.2) is 188 Å². The number of anilines is 7.